The number of aromatic nitrogens is 2. The number of likely N-dealkylation sites (tertiary alicyclic amines) is 1. The molecule has 0 spiro atoms. The summed E-state index contributed by atoms with van der Waals surface area (Å²) >= 11 is 0. The van der Waals surface area contributed by atoms with Gasteiger partial charge < -0.3 is 14.7 Å². The van der Waals surface area contributed by atoms with E-state index in [1.54, 1.807) is 0 Å². The predicted molar refractivity (Wildman–Crippen MR) is 73.1 cm³/mol. The average molecular weight is 264 g/mol. The Morgan fingerprint density at radius 2 is 2.16 bits per heavy atom. The highest BCUT2D eigenvalue weighted by molar-refractivity contribution is 4.99. The second kappa shape index (κ2) is 6.01. The first-order valence-electron chi connectivity index (χ1n) is 7.64. The van der Waals surface area contributed by atoms with Crippen molar-refractivity contribution >= 4 is 0 Å². The summed E-state index contributed by atoms with van der Waals surface area (Å²) in [7, 11) is 0. The standard InChI is InChI=1S/C14H24N4O/c1-2-18-9-3-4-12(18)10-13-16-14(17-19-13)11-5-7-15-8-6-11/h11-12,15H,2-10H2,1H3. The molecule has 3 rings (SSSR count). The largest absolute Gasteiger partial charge is 0.339 e. The molecule has 5 nitrogen and oxygen atoms in total. The van der Waals surface area contributed by atoms with E-state index >= 15 is 0 Å². The van der Waals surface area contributed by atoms with Crippen LogP contribution in [0.3, 0.4) is 0 Å². The van der Waals surface area contributed by atoms with Gasteiger partial charge in [-0.3, -0.25) is 0 Å². The highest BCUT2D eigenvalue weighted by Gasteiger charge is 2.26. The van der Waals surface area contributed by atoms with Gasteiger partial charge in [0, 0.05) is 18.4 Å². The van der Waals surface area contributed by atoms with Crippen LogP contribution < -0.4 is 5.32 Å². The molecule has 0 aromatic carbocycles. The monoisotopic (exact) mass is 264 g/mol. The molecule has 2 saturated heterocycles. The number of rotatable bonds is 4. The van der Waals surface area contributed by atoms with E-state index in [-0.39, 0.29) is 0 Å². The molecule has 0 amide bonds. The third-order valence-corrected chi connectivity index (χ3v) is 4.50. The molecule has 1 aromatic rings. The molecule has 106 valence electrons. The number of nitrogens with one attached hydrogen (secondary N) is 1. The number of hydrogen-bond acceptors (Lipinski definition) is 5. The number of nitrogens with zero attached hydrogens (tertiary/aromatic N) is 3. The minimum absolute atomic E-state index is 0.490. The van der Waals surface area contributed by atoms with E-state index in [0.29, 0.717) is 12.0 Å². The van der Waals surface area contributed by atoms with Crippen LogP contribution in [0.25, 0.3) is 0 Å². The minimum Gasteiger partial charge on any atom is -0.339 e. The van der Waals surface area contributed by atoms with Crippen LogP contribution in [0.4, 0.5) is 0 Å². The first kappa shape index (κ1) is 13.1. The van der Waals surface area contributed by atoms with Gasteiger partial charge in [-0.1, -0.05) is 12.1 Å². The van der Waals surface area contributed by atoms with Crippen molar-refractivity contribution in [2.75, 3.05) is 26.2 Å². The first-order chi connectivity index (χ1) is 9.36. The molecule has 2 fully saturated rings. The third-order valence-electron chi connectivity index (χ3n) is 4.50. The van der Waals surface area contributed by atoms with Crippen molar-refractivity contribution in [1.29, 1.82) is 0 Å². The molecule has 0 bridgehead atoms. The summed E-state index contributed by atoms with van der Waals surface area (Å²) in [5, 5.41) is 7.57. The van der Waals surface area contributed by atoms with Crippen LogP contribution in [-0.4, -0.2) is 47.3 Å². The normalized spacial score (nSPS) is 26.1. The lowest BCUT2D eigenvalue weighted by molar-refractivity contribution is 0.246. The zero-order chi connectivity index (χ0) is 13.1. The molecule has 1 N–H and O–H groups in total. The van der Waals surface area contributed by atoms with E-state index in [2.05, 4.69) is 27.3 Å². The van der Waals surface area contributed by atoms with E-state index < -0.39 is 0 Å². The maximum atomic E-state index is 5.46. The Labute approximate surface area is 114 Å². The van der Waals surface area contributed by atoms with Crippen molar-refractivity contribution < 1.29 is 4.52 Å². The second-order valence-corrected chi connectivity index (χ2v) is 5.70. The van der Waals surface area contributed by atoms with E-state index in [0.717, 1.165) is 50.6 Å². The molecular weight excluding hydrogens is 240 g/mol. The Hall–Kier alpha value is -0.940. The van der Waals surface area contributed by atoms with Gasteiger partial charge in [0.15, 0.2) is 5.82 Å². The van der Waals surface area contributed by atoms with E-state index in [4.69, 9.17) is 4.52 Å². The summed E-state index contributed by atoms with van der Waals surface area (Å²) in [6.45, 7) is 6.71. The zero-order valence-corrected chi connectivity index (χ0v) is 11.8. The summed E-state index contributed by atoms with van der Waals surface area (Å²) in [5.41, 5.74) is 0. The molecule has 1 atom stereocenters. The summed E-state index contributed by atoms with van der Waals surface area (Å²) in [5.74, 6) is 2.25. The quantitative estimate of drug-likeness (QED) is 0.894. The van der Waals surface area contributed by atoms with Gasteiger partial charge in [-0.05, 0) is 51.9 Å². The zero-order valence-electron chi connectivity index (χ0n) is 11.8. The SMILES string of the molecule is CCN1CCCC1Cc1nc(C2CCNCC2)no1. The van der Waals surface area contributed by atoms with Crippen molar-refractivity contribution in [2.24, 2.45) is 0 Å². The van der Waals surface area contributed by atoms with E-state index in [1.807, 2.05) is 0 Å². The van der Waals surface area contributed by atoms with Gasteiger partial charge in [-0.15, -0.1) is 0 Å². The Kier molecular flexibility index (Phi) is 4.13. The molecule has 2 aliphatic heterocycles. The van der Waals surface area contributed by atoms with Gasteiger partial charge in [0.1, 0.15) is 0 Å². The van der Waals surface area contributed by atoms with Crippen molar-refractivity contribution in [2.45, 2.75) is 51.0 Å². The van der Waals surface area contributed by atoms with E-state index in [9.17, 15) is 0 Å². The third kappa shape index (κ3) is 2.98. The lowest BCUT2D eigenvalue weighted by atomic mass is 9.98. The number of piperidine rings is 1. The van der Waals surface area contributed by atoms with Crippen LogP contribution in [0.5, 0.6) is 0 Å². The van der Waals surface area contributed by atoms with Gasteiger partial charge in [0.2, 0.25) is 5.89 Å². The van der Waals surface area contributed by atoms with Gasteiger partial charge in [-0.25, -0.2) is 0 Å². The fraction of sp³-hybridized carbons (Fsp3) is 0.857. The van der Waals surface area contributed by atoms with Crippen LogP contribution in [-0.2, 0) is 6.42 Å². The maximum absolute atomic E-state index is 5.46. The molecule has 0 saturated carbocycles. The fourth-order valence-corrected chi connectivity index (χ4v) is 3.34. The van der Waals surface area contributed by atoms with Gasteiger partial charge >= 0.3 is 0 Å². The maximum Gasteiger partial charge on any atom is 0.228 e. The van der Waals surface area contributed by atoms with Gasteiger partial charge in [0.05, 0.1) is 0 Å². The van der Waals surface area contributed by atoms with Crippen molar-refractivity contribution in [3.8, 4) is 0 Å². The van der Waals surface area contributed by atoms with Gasteiger partial charge in [0.25, 0.3) is 0 Å². The highest BCUT2D eigenvalue weighted by atomic mass is 16.5. The van der Waals surface area contributed by atoms with Crippen molar-refractivity contribution in [1.82, 2.24) is 20.4 Å². The van der Waals surface area contributed by atoms with E-state index in [1.165, 1.54) is 19.4 Å². The van der Waals surface area contributed by atoms with Crippen molar-refractivity contribution in [3.63, 3.8) is 0 Å². The summed E-state index contributed by atoms with van der Waals surface area (Å²) in [6.07, 6.45) is 5.74. The van der Waals surface area contributed by atoms with Crippen LogP contribution in [0.15, 0.2) is 4.52 Å². The summed E-state index contributed by atoms with van der Waals surface area (Å²) in [4.78, 5) is 7.16. The molecule has 1 aromatic heterocycles. The number of likely N-dealkylation sites (N-methyl/N-ethyl adjacent to an activating group) is 1. The van der Waals surface area contributed by atoms with Crippen molar-refractivity contribution in [3.05, 3.63) is 11.7 Å². The minimum atomic E-state index is 0.490. The van der Waals surface area contributed by atoms with Crippen LogP contribution in [0.2, 0.25) is 0 Å². The Morgan fingerprint density at radius 3 is 2.95 bits per heavy atom. The Morgan fingerprint density at radius 1 is 1.32 bits per heavy atom. The number of hydrogen-bond donors (Lipinski definition) is 1. The summed E-state index contributed by atoms with van der Waals surface area (Å²) in [6, 6.07) is 0.603. The molecule has 5 heteroatoms. The summed E-state index contributed by atoms with van der Waals surface area (Å²) < 4.78 is 5.46. The second-order valence-electron chi connectivity index (χ2n) is 5.70. The smallest absolute Gasteiger partial charge is 0.228 e. The Balaban J connectivity index is 1.61. The van der Waals surface area contributed by atoms with Crippen LogP contribution >= 0.6 is 0 Å². The lowest BCUT2D eigenvalue weighted by Gasteiger charge is -2.21. The molecule has 19 heavy (non-hydrogen) atoms. The van der Waals surface area contributed by atoms with Gasteiger partial charge in [-0.2, -0.15) is 4.98 Å². The van der Waals surface area contributed by atoms with Crippen LogP contribution in [0, 0.1) is 0 Å². The fourth-order valence-electron chi connectivity index (χ4n) is 3.34. The Bertz CT molecular complexity index is 400. The van der Waals surface area contributed by atoms with Crippen LogP contribution in [0.1, 0.15) is 50.2 Å². The lowest BCUT2D eigenvalue weighted by Crippen LogP contribution is -2.30. The predicted octanol–water partition coefficient (Wildman–Crippen LogP) is 1.56. The molecule has 1 unspecified atom stereocenters. The molecule has 0 aliphatic carbocycles. The molecule has 3 heterocycles. The molecular formula is C14H24N4O. The topological polar surface area (TPSA) is 54.2 Å². The molecule has 2 aliphatic rings. The molecule has 0 radical (unpaired) electrons. The average Bonchev–Trinajstić information content (AvgIpc) is 3.09. The first-order valence-corrected chi connectivity index (χ1v) is 7.64. The highest BCUT2D eigenvalue weighted by Crippen LogP contribution is 2.24.